The Hall–Kier alpha value is -2.08. The molecule has 19 heavy (non-hydrogen) atoms. The molecule has 0 aliphatic rings. The van der Waals surface area contributed by atoms with Crippen LogP contribution in [0.15, 0.2) is 24.7 Å². The van der Waals surface area contributed by atoms with Crippen molar-refractivity contribution in [3.8, 4) is 0 Å². The third-order valence-electron chi connectivity index (χ3n) is 2.76. The average molecular weight is 280 g/mol. The highest BCUT2D eigenvalue weighted by Gasteiger charge is 2.15. The van der Waals surface area contributed by atoms with Crippen LogP contribution in [0, 0.1) is 0 Å². The smallest absolute Gasteiger partial charge is 0.255 e. The Bertz CT molecular complexity index is 610. The molecule has 0 saturated heterocycles. The van der Waals surface area contributed by atoms with E-state index >= 15 is 0 Å². The Morgan fingerprint density at radius 3 is 2.84 bits per heavy atom. The molecule has 0 aliphatic heterocycles. The summed E-state index contributed by atoms with van der Waals surface area (Å²) in [6.07, 6.45) is 4.93. The van der Waals surface area contributed by atoms with Gasteiger partial charge in [0.15, 0.2) is 0 Å². The fourth-order valence-electron chi connectivity index (χ4n) is 1.62. The van der Waals surface area contributed by atoms with Crippen LogP contribution in [0.4, 0.5) is 5.82 Å². The van der Waals surface area contributed by atoms with Crippen LogP contribution in [0.1, 0.15) is 16.2 Å². The SMILES string of the molecule is CN(Cc1nccn1C)C(=O)c1cnc(N)c(Cl)c1. The van der Waals surface area contributed by atoms with E-state index in [1.54, 1.807) is 18.1 Å². The number of pyridine rings is 1. The van der Waals surface area contributed by atoms with Gasteiger partial charge < -0.3 is 15.2 Å². The van der Waals surface area contributed by atoms with Crippen LogP contribution in [-0.2, 0) is 13.6 Å². The van der Waals surface area contributed by atoms with Gasteiger partial charge in [0.1, 0.15) is 11.6 Å². The highest BCUT2D eigenvalue weighted by atomic mass is 35.5. The molecular weight excluding hydrogens is 266 g/mol. The van der Waals surface area contributed by atoms with Gasteiger partial charge >= 0.3 is 0 Å². The number of halogens is 1. The van der Waals surface area contributed by atoms with Gasteiger partial charge in [-0.15, -0.1) is 0 Å². The predicted octanol–water partition coefficient (Wildman–Crippen LogP) is 1.32. The van der Waals surface area contributed by atoms with Crippen molar-refractivity contribution in [3.05, 3.63) is 41.1 Å². The number of amides is 1. The normalized spacial score (nSPS) is 10.5. The molecule has 0 aromatic carbocycles. The Kier molecular flexibility index (Phi) is 3.71. The van der Waals surface area contributed by atoms with E-state index in [0.717, 1.165) is 5.82 Å². The maximum absolute atomic E-state index is 12.2. The first-order valence-corrected chi connectivity index (χ1v) is 5.99. The highest BCUT2D eigenvalue weighted by Crippen LogP contribution is 2.17. The summed E-state index contributed by atoms with van der Waals surface area (Å²) < 4.78 is 1.86. The number of anilines is 1. The number of aromatic nitrogens is 3. The minimum absolute atomic E-state index is 0.183. The molecule has 0 atom stereocenters. The van der Waals surface area contributed by atoms with Crippen molar-refractivity contribution in [2.75, 3.05) is 12.8 Å². The van der Waals surface area contributed by atoms with Crippen molar-refractivity contribution < 1.29 is 4.79 Å². The Labute approximate surface area is 115 Å². The van der Waals surface area contributed by atoms with Gasteiger partial charge in [0.25, 0.3) is 5.91 Å². The van der Waals surface area contributed by atoms with Gasteiger partial charge in [-0.05, 0) is 6.07 Å². The molecule has 2 aromatic rings. The molecule has 0 fully saturated rings. The van der Waals surface area contributed by atoms with Crippen LogP contribution in [0.2, 0.25) is 5.02 Å². The molecule has 2 aromatic heterocycles. The predicted molar refractivity (Wildman–Crippen MR) is 72.7 cm³/mol. The van der Waals surface area contributed by atoms with Gasteiger partial charge in [0.05, 0.1) is 17.1 Å². The first-order chi connectivity index (χ1) is 8.99. The van der Waals surface area contributed by atoms with E-state index in [1.807, 2.05) is 17.8 Å². The zero-order valence-electron chi connectivity index (χ0n) is 10.7. The molecule has 0 radical (unpaired) electrons. The zero-order valence-corrected chi connectivity index (χ0v) is 11.4. The van der Waals surface area contributed by atoms with E-state index in [9.17, 15) is 4.79 Å². The summed E-state index contributed by atoms with van der Waals surface area (Å²) >= 11 is 5.86. The summed E-state index contributed by atoms with van der Waals surface area (Å²) in [5, 5.41) is 0.274. The maximum atomic E-state index is 12.2. The van der Waals surface area contributed by atoms with Gasteiger partial charge in [-0.3, -0.25) is 4.79 Å². The molecule has 7 heteroatoms. The number of aryl methyl sites for hydroxylation is 1. The highest BCUT2D eigenvalue weighted by molar-refractivity contribution is 6.33. The molecule has 0 aliphatic carbocycles. The largest absolute Gasteiger partial charge is 0.382 e. The van der Waals surface area contributed by atoms with Crippen LogP contribution < -0.4 is 5.73 Å². The van der Waals surface area contributed by atoms with Crippen molar-refractivity contribution in [1.82, 2.24) is 19.4 Å². The number of nitrogens with two attached hydrogens (primary N) is 1. The number of hydrogen-bond acceptors (Lipinski definition) is 4. The van der Waals surface area contributed by atoms with E-state index in [2.05, 4.69) is 9.97 Å². The van der Waals surface area contributed by atoms with E-state index < -0.39 is 0 Å². The molecular formula is C12H14ClN5O. The molecule has 1 amide bonds. The van der Waals surface area contributed by atoms with Gasteiger partial charge in [-0.2, -0.15) is 0 Å². The minimum Gasteiger partial charge on any atom is -0.382 e. The number of rotatable bonds is 3. The number of hydrogen-bond donors (Lipinski definition) is 1. The van der Waals surface area contributed by atoms with Gasteiger partial charge in [-0.25, -0.2) is 9.97 Å². The van der Waals surface area contributed by atoms with Crippen molar-refractivity contribution in [1.29, 1.82) is 0 Å². The van der Waals surface area contributed by atoms with Gasteiger partial charge in [-0.1, -0.05) is 11.6 Å². The first kappa shape index (κ1) is 13.4. The quantitative estimate of drug-likeness (QED) is 0.919. The van der Waals surface area contributed by atoms with Crippen LogP contribution in [-0.4, -0.2) is 32.4 Å². The lowest BCUT2D eigenvalue weighted by atomic mass is 10.2. The summed E-state index contributed by atoms with van der Waals surface area (Å²) in [5.74, 6) is 0.827. The maximum Gasteiger partial charge on any atom is 0.255 e. The first-order valence-electron chi connectivity index (χ1n) is 5.61. The summed E-state index contributed by atoms with van der Waals surface area (Å²) in [4.78, 5) is 21.8. The fraction of sp³-hybridized carbons (Fsp3) is 0.250. The van der Waals surface area contributed by atoms with Crippen molar-refractivity contribution >= 4 is 23.3 Å². The summed E-state index contributed by atoms with van der Waals surface area (Å²) in [6.45, 7) is 0.407. The van der Waals surface area contributed by atoms with Crippen LogP contribution >= 0.6 is 11.6 Å². The molecule has 6 nitrogen and oxygen atoms in total. The summed E-state index contributed by atoms with van der Waals surface area (Å²) in [7, 11) is 3.57. The molecule has 100 valence electrons. The standard InChI is InChI=1S/C12H14ClN5O/c1-17-4-3-15-10(17)7-18(2)12(19)8-5-9(13)11(14)16-6-8/h3-6H,7H2,1-2H3,(H2,14,16). The van der Waals surface area contributed by atoms with Crippen LogP contribution in [0.5, 0.6) is 0 Å². The lowest BCUT2D eigenvalue weighted by Gasteiger charge is -2.17. The van der Waals surface area contributed by atoms with Crippen LogP contribution in [0.3, 0.4) is 0 Å². The lowest BCUT2D eigenvalue weighted by molar-refractivity contribution is 0.0780. The number of carbonyl (C=O) groups is 1. The fourth-order valence-corrected chi connectivity index (χ4v) is 1.78. The number of carbonyl (C=O) groups excluding carboxylic acids is 1. The molecule has 0 unspecified atom stereocenters. The third kappa shape index (κ3) is 2.85. The molecule has 0 spiro atoms. The van der Waals surface area contributed by atoms with Crippen molar-refractivity contribution in [2.45, 2.75) is 6.54 Å². The minimum atomic E-state index is -0.183. The number of imidazole rings is 1. The third-order valence-corrected chi connectivity index (χ3v) is 3.07. The Balaban J connectivity index is 2.15. The lowest BCUT2D eigenvalue weighted by Crippen LogP contribution is -2.27. The molecule has 2 rings (SSSR count). The van der Waals surface area contributed by atoms with Crippen LogP contribution in [0.25, 0.3) is 0 Å². The topological polar surface area (TPSA) is 77.0 Å². The average Bonchev–Trinajstić information content (AvgIpc) is 2.77. The second-order valence-electron chi connectivity index (χ2n) is 4.21. The summed E-state index contributed by atoms with van der Waals surface area (Å²) in [5.41, 5.74) is 5.91. The molecule has 2 N–H and O–H groups in total. The second kappa shape index (κ2) is 5.27. The van der Waals surface area contributed by atoms with Gasteiger partial charge in [0.2, 0.25) is 0 Å². The Morgan fingerprint density at radius 1 is 1.53 bits per heavy atom. The van der Waals surface area contributed by atoms with Gasteiger partial charge in [0, 0.05) is 32.7 Å². The Morgan fingerprint density at radius 2 is 2.26 bits per heavy atom. The molecule has 2 heterocycles. The molecule has 0 saturated carbocycles. The van der Waals surface area contributed by atoms with E-state index in [0.29, 0.717) is 12.1 Å². The molecule has 0 bridgehead atoms. The van der Waals surface area contributed by atoms with E-state index in [4.69, 9.17) is 17.3 Å². The zero-order chi connectivity index (χ0) is 14.0. The second-order valence-corrected chi connectivity index (χ2v) is 4.61. The van der Waals surface area contributed by atoms with E-state index in [-0.39, 0.29) is 16.7 Å². The number of nitrogen functional groups attached to an aromatic ring is 1. The summed E-state index contributed by atoms with van der Waals surface area (Å²) in [6, 6.07) is 1.52. The van der Waals surface area contributed by atoms with Crippen molar-refractivity contribution in [3.63, 3.8) is 0 Å². The monoisotopic (exact) mass is 279 g/mol. The van der Waals surface area contributed by atoms with Crippen molar-refractivity contribution in [2.24, 2.45) is 7.05 Å². The number of nitrogens with zero attached hydrogens (tertiary/aromatic N) is 4. The van der Waals surface area contributed by atoms with E-state index in [1.165, 1.54) is 12.3 Å².